The molecule has 1 aromatic carbocycles. The Morgan fingerprint density at radius 2 is 1.70 bits per heavy atom. The average molecular weight is 523 g/mol. The molecule has 30 heavy (non-hydrogen) atoms. The lowest BCUT2D eigenvalue weighted by Crippen LogP contribution is -3.00. The van der Waals surface area contributed by atoms with Crippen LogP contribution < -0.4 is 24.0 Å². The first-order valence-electron chi connectivity index (χ1n) is 11.9. The van der Waals surface area contributed by atoms with Gasteiger partial charge < -0.3 is 33.2 Å². The molecule has 4 atom stereocenters. The number of halogens is 1. The summed E-state index contributed by atoms with van der Waals surface area (Å²) in [4.78, 5) is 12.9. The number of nitrogens with zero attached hydrogens (tertiary/aromatic N) is 1. The second kappa shape index (κ2) is 10.2. The van der Waals surface area contributed by atoms with Crippen LogP contribution in [0.4, 0.5) is 0 Å². The summed E-state index contributed by atoms with van der Waals surface area (Å²) in [6.07, 6.45) is 9.86. The Kier molecular flexibility index (Phi) is 8.05. The highest BCUT2D eigenvalue weighted by atomic mass is 127. The van der Waals surface area contributed by atoms with E-state index in [1.54, 1.807) is 0 Å². The number of carbonyl (C=O) groups is 1. The Balaban J connectivity index is 0.00000256. The standard InChI is InChI=1S/C26H38NO2.HI/c1-4-27(19(2)3)22-14-15-23(27)18-24(17-22)29-26(28)16-21-12-8-9-13-25(21)20-10-6-5-7-11-20;/h5-7,10-11,19,22-24H,4,8-9,12-18H2,1-3H3;1H/q+1;/p-1/t22-,23+,24?,27?;. The number of ether oxygens (including phenoxy) is 1. The number of benzene rings is 1. The van der Waals surface area contributed by atoms with E-state index in [1.165, 1.54) is 53.4 Å². The van der Waals surface area contributed by atoms with E-state index in [9.17, 15) is 4.79 Å². The first-order valence-corrected chi connectivity index (χ1v) is 11.9. The molecule has 2 heterocycles. The van der Waals surface area contributed by atoms with Crippen molar-refractivity contribution >= 4 is 11.5 Å². The van der Waals surface area contributed by atoms with Gasteiger partial charge in [0, 0.05) is 25.7 Å². The van der Waals surface area contributed by atoms with Crippen molar-refractivity contribution in [2.45, 2.75) is 103 Å². The molecule has 1 aromatic rings. The van der Waals surface area contributed by atoms with Crippen LogP contribution in [0.3, 0.4) is 0 Å². The van der Waals surface area contributed by atoms with Crippen molar-refractivity contribution in [1.82, 2.24) is 0 Å². The van der Waals surface area contributed by atoms with Crippen molar-refractivity contribution in [1.29, 1.82) is 0 Å². The lowest BCUT2D eigenvalue weighted by atomic mass is 9.86. The topological polar surface area (TPSA) is 26.3 Å². The maximum Gasteiger partial charge on any atom is 0.310 e. The van der Waals surface area contributed by atoms with Crippen LogP contribution in [0.5, 0.6) is 0 Å². The molecular weight excluding hydrogens is 485 g/mol. The van der Waals surface area contributed by atoms with Crippen LogP contribution in [-0.4, -0.2) is 41.2 Å². The van der Waals surface area contributed by atoms with Crippen molar-refractivity contribution in [3.8, 4) is 0 Å². The molecule has 2 fully saturated rings. The summed E-state index contributed by atoms with van der Waals surface area (Å²) in [5.74, 6) is 0.000719. The molecule has 2 saturated heterocycles. The number of esters is 1. The van der Waals surface area contributed by atoms with E-state index in [4.69, 9.17) is 4.74 Å². The number of carbonyl (C=O) groups excluding carboxylic acids is 1. The van der Waals surface area contributed by atoms with Crippen molar-refractivity contribution in [3.05, 3.63) is 41.5 Å². The predicted molar refractivity (Wildman–Crippen MR) is 118 cm³/mol. The van der Waals surface area contributed by atoms with Crippen LogP contribution in [0.25, 0.3) is 5.57 Å². The summed E-state index contributed by atoms with van der Waals surface area (Å²) in [6.45, 7) is 8.31. The molecule has 4 rings (SSSR count). The van der Waals surface area contributed by atoms with E-state index in [2.05, 4.69) is 51.1 Å². The maximum absolute atomic E-state index is 12.9. The molecule has 0 amide bonds. The van der Waals surface area contributed by atoms with Gasteiger partial charge in [0.2, 0.25) is 0 Å². The molecule has 0 N–H and O–H groups in total. The third-order valence-electron chi connectivity index (χ3n) is 8.13. The molecule has 0 spiro atoms. The fraction of sp³-hybridized carbons (Fsp3) is 0.654. The highest BCUT2D eigenvalue weighted by Gasteiger charge is 2.55. The normalized spacial score (nSPS) is 30.9. The van der Waals surface area contributed by atoms with Gasteiger partial charge in [-0.25, -0.2) is 0 Å². The Bertz CT molecular complexity index is 744. The zero-order chi connectivity index (χ0) is 20.4. The van der Waals surface area contributed by atoms with Crippen molar-refractivity contribution < 1.29 is 38.0 Å². The van der Waals surface area contributed by atoms with Crippen molar-refractivity contribution in [2.24, 2.45) is 0 Å². The number of hydrogen-bond acceptors (Lipinski definition) is 2. The van der Waals surface area contributed by atoms with Crippen LogP contribution in [0.1, 0.15) is 84.1 Å². The lowest BCUT2D eigenvalue weighted by molar-refractivity contribution is -0.983. The molecule has 4 heteroatoms. The molecular formula is C26H38INO2. The van der Waals surface area contributed by atoms with E-state index in [0.717, 1.165) is 25.7 Å². The quantitative estimate of drug-likeness (QED) is 0.326. The second-order valence-electron chi connectivity index (χ2n) is 9.71. The number of fused-ring (bicyclic) bond motifs is 2. The van der Waals surface area contributed by atoms with E-state index in [-0.39, 0.29) is 36.0 Å². The van der Waals surface area contributed by atoms with Gasteiger partial charge in [0.05, 0.1) is 31.1 Å². The third-order valence-corrected chi connectivity index (χ3v) is 8.13. The summed E-state index contributed by atoms with van der Waals surface area (Å²) in [7, 11) is 0. The number of quaternary nitrogens is 1. The Hall–Kier alpha value is -0.880. The van der Waals surface area contributed by atoms with Gasteiger partial charge in [-0.05, 0) is 57.6 Å². The summed E-state index contributed by atoms with van der Waals surface area (Å²) in [5, 5.41) is 0. The van der Waals surface area contributed by atoms with Gasteiger partial charge in [0.1, 0.15) is 6.10 Å². The van der Waals surface area contributed by atoms with E-state index < -0.39 is 0 Å². The number of rotatable bonds is 6. The molecule has 0 saturated carbocycles. The first kappa shape index (κ1) is 23.8. The van der Waals surface area contributed by atoms with Gasteiger partial charge in [0.15, 0.2) is 0 Å². The lowest BCUT2D eigenvalue weighted by Gasteiger charge is -2.52. The molecule has 1 aliphatic carbocycles. The molecule has 2 unspecified atom stereocenters. The smallest absolute Gasteiger partial charge is 0.310 e. The average Bonchev–Trinajstić information content (AvgIpc) is 2.93. The second-order valence-corrected chi connectivity index (χ2v) is 9.71. The Morgan fingerprint density at radius 1 is 1.07 bits per heavy atom. The van der Waals surface area contributed by atoms with Gasteiger partial charge in [-0.2, -0.15) is 0 Å². The van der Waals surface area contributed by atoms with E-state index >= 15 is 0 Å². The molecule has 0 radical (unpaired) electrons. The minimum absolute atomic E-state index is 0. The summed E-state index contributed by atoms with van der Waals surface area (Å²) in [6, 6.07) is 12.6. The molecule has 2 bridgehead atoms. The fourth-order valence-corrected chi connectivity index (χ4v) is 6.87. The van der Waals surface area contributed by atoms with Crippen LogP contribution >= 0.6 is 0 Å². The molecule has 0 aromatic heterocycles. The van der Waals surface area contributed by atoms with Gasteiger partial charge in [-0.15, -0.1) is 0 Å². The van der Waals surface area contributed by atoms with Crippen molar-refractivity contribution in [3.63, 3.8) is 0 Å². The van der Waals surface area contributed by atoms with Gasteiger partial charge >= 0.3 is 5.97 Å². The first-order chi connectivity index (χ1) is 14.0. The molecule has 2 aliphatic heterocycles. The monoisotopic (exact) mass is 523 g/mol. The number of piperidine rings is 1. The predicted octanol–water partition coefficient (Wildman–Crippen LogP) is 2.89. The highest BCUT2D eigenvalue weighted by molar-refractivity contribution is 5.79. The summed E-state index contributed by atoms with van der Waals surface area (Å²) in [5.41, 5.74) is 3.98. The SMILES string of the molecule is CC[N+]1(C(C)C)[C@@H]2CC[C@H]1CC(OC(=O)CC1=C(c3ccccc3)CCCC1)C2.[I-]. The Labute approximate surface area is 199 Å². The van der Waals surface area contributed by atoms with Crippen molar-refractivity contribution in [2.75, 3.05) is 6.54 Å². The van der Waals surface area contributed by atoms with Crippen LogP contribution in [0, 0.1) is 0 Å². The minimum atomic E-state index is 0. The Morgan fingerprint density at radius 3 is 2.30 bits per heavy atom. The molecule has 3 aliphatic rings. The third kappa shape index (κ3) is 4.50. The van der Waals surface area contributed by atoms with Crippen LogP contribution in [0.15, 0.2) is 35.9 Å². The van der Waals surface area contributed by atoms with Gasteiger partial charge in [-0.3, -0.25) is 4.79 Å². The largest absolute Gasteiger partial charge is 1.00 e. The maximum atomic E-state index is 12.9. The van der Waals surface area contributed by atoms with Gasteiger partial charge in [0.25, 0.3) is 0 Å². The summed E-state index contributed by atoms with van der Waals surface area (Å²) < 4.78 is 7.34. The number of hydrogen-bond donors (Lipinski definition) is 0. The fourth-order valence-electron chi connectivity index (χ4n) is 6.87. The summed E-state index contributed by atoms with van der Waals surface area (Å²) >= 11 is 0. The van der Waals surface area contributed by atoms with E-state index in [1.807, 2.05) is 0 Å². The van der Waals surface area contributed by atoms with Crippen LogP contribution in [-0.2, 0) is 9.53 Å². The zero-order valence-electron chi connectivity index (χ0n) is 18.9. The zero-order valence-corrected chi connectivity index (χ0v) is 21.1. The highest BCUT2D eigenvalue weighted by Crippen LogP contribution is 2.45. The number of allylic oxidation sites excluding steroid dienone is 1. The minimum Gasteiger partial charge on any atom is -1.00 e. The van der Waals surface area contributed by atoms with Crippen LogP contribution in [0.2, 0.25) is 0 Å². The van der Waals surface area contributed by atoms with Gasteiger partial charge in [-0.1, -0.05) is 35.9 Å². The van der Waals surface area contributed by atoms with E-state index in [0.29, 0.717) is 24.5 Å². The molecule has 166 valence electrons. The molecule has 3 nitrogen and oxygen atoms in total.